The maximum Gasteiger partial charge on any atom is 0.154 e. The summed E-state index contributed by atoms with van der Waals surface area (Å²) in [5.41, 5.74) is -0.247. The molecule has 0 fully saturated rings. The Morgan fingerprint density at radius 2 is 1.50 bits per heavy atom. The molecule has 0 heterocycles. The summed E-state index contributed by atoms with van der Waals surface area (Å²) < 4.78 is 0. The molecule has 0 aromatic heterocycles. The highest BCUT2D eigenvalue weighted by Gasteiger charge is 2.27. The fourth-order valence-electron chi connectivity index (χ4n) is 1.31. The predicted molar refractivity (Wildman–Crippen MR) is 61.4 cm³/mol. The SMILES string of the molecule is CC(N[C@@H](C)C(C)C)C(=O)C(C)(C)C. The number of carbonyl (C=O) groups excluding carboxylic acids is 1. The molecule has 84 valence electrons. The third kappa shape index (κ3) is 4.23. The van der Waals surface area contributed by atoms with E-state index in [1.165, 1.54) is 0 Å². The molecule has 0 aliphatic carbocycles. The lowest BCUT2D eigenvalue weighted by molar-refractivity contribution is -0.128. The van der Waals surface area contributed by atoms with Crippen LogP contribution in [0.1, 0.15) is 48.5 Å². The third-order valence-electron chi connectivity index (χ3n) is 2.65. The molecule has 0 radical (unpaired) electrons. The molecule has 2 atom stereocenters. The number of carbonyl (C=O) groups is 1. The third-order valence-corrected chi connectivity index (χ3v) is 2.65. The number of hydrogen-bond donors (Lipinski definition) is 1. The topological polar surface area (TPSA) is 29.1 Å². The highest BCUT2D eigenvalue weighted by atomic mass is 16.1. The van der Waals surface area contributed by atoms with Crippen molar-refractivity contribution in [2.75, 3.05) is 0 Å². The lowest BCUT2D eigenvalue weighted by atomic mass is 9.86. The normalized spacial score (nSPS) is 16.9. The zero-order chi connectivity index (χ0) is 11.5. The molecule has 0 aliphatic rings. The van der Waals surface area contributed by atoms with Crippen LogP contribution in [0.25, 0.3) is 0 Å². The van der Waals surface area contributed by atoms with Gasteiger partial charge in [0.1, 0.15) is 0 Å². The summed E-state index contributed by atoms with van der Waals surface area (Å²) in [6.07, 6.45) is 0. The average Bonchev–Trinajstić information content (AvgIpc) is 2.00. The van der Waals surface area contributed by atoms with Crippen LogP contribution in [0.3, 0.4) is 0 Å². The molecule has 0 bridgehead atoms. The van der Waals surface area contributed by atoms with Gasteiger partial charge in [0.05, 0.1) is 6.04 Å². The van der Waals surface area contributed by atoms with Crippen LogP contribution in [0.5, 0.6) is 0 Å². The summed E-state index contributed by atoms with van der Waals surface area (Å²) >= 11 is 0. The van der Waals surface area contributed by atoms with Crippen molar-refractivity contribution in [3.05, 3.63) is 0 Å². The van der Waals surface area contributed by atoms with E-state index in [4.69, 9.17) is 0 Å². The van der Waals surface area contributed by atoms with Crippen molar-refractivity contribution in [2.24, 2.45) is 11.3 Å². The van der Waals surface area contributed by atoms with Crippen molar-refractivity contribution in [3.63, 3.8) is 0 Å². The molecule has 1 unspecified atom stereocenters. The summed E-state index contributed by atoms with van der Waals surface area (Å²) in [5, 5.41) is 3.34. The molecule has 0 spiro atoms. The van der Waals surface area contributed by atoms with Gasteiger partial charge in [-0.25, -0.2) is 0 Å². The van der Waals surface area contributed by atoms with Crippen LogP contribution in [0.15, 0.2) is 0 Å². The highest BCUT2D eigenvalue weighted by Crippen LogP contribution is 2.17. The lowest BCUT2D eigenvalue weighted by Crippen LogP contribution is -2.46. The summed E-state index contributed by atoms with van der Waals surface area (Å²) in [5.74, 6) is 0.843. The van der Waals surface area contributed by atoms with E-state index in [0.29, 0.717) is 12.0 Å². The molecule has 0 rings (SSSR count). The quantitative estimate of drug-likeness (QED) is 0.754. The van der Waals surface area contributed by atoms with Crippen LogP contribution in [0.2, 0.25) is 0 Å². The lowest BCUT2D eigenvalue weighted by Gasteiger charge is -2.27. The molecule has 0 saturated carbocycles. The first-order valence-electron chi connectivity index (χ1n) is 5.46. The van der Waals surface area contributed by atoms with Gasteiger partial charge in [-0.2, -0.15) is 0 Å². The summed E-state index contributed by atoms with van der Waals surface area (Å²) in [6, 6.07) is 0.337. The van der Waals surface area contributed by atoms with Gasteiger partial charge >= 0.3 is 0 Å². The molecule has 2 heteroatoms. The first-order valence-corrected chi connectivity index (χ1v) is 5.46. The van der Waals surface area contributed by atoms with Gasteiger partial charge in [-0.3, -0.25) is 4.79 Å². The highest BCUT2D eigenvalue weighted by molar-refractivity contribution is 5.88. The molecule has 2 nitrogen and oxygen atoms in total. The maximum atomic E-state index is 11.9. The van der Waals surface area contributed by atoms with Gasteiger partial charge in [0.15, 0.2) is 5.78 Å². The van der Waals surface area contributed by atoms with Gasteiger partial charge in [0.2, 0.25) is 0 Å². The van der Waals surface area contributed by atoms with Crippen molar-refractivity contribution in [2.45, 2.75) is 60.5 Å². The molecule has 0 saturated heterocycles. The van der Waals surface area contributed by atoms with Crippen molar-refractivity contribution in [1.29, 1.82) is 0 Å². The summed E-state index contributed by atoms with van der Waals surface area (Å²) in [6.45, 7) is 14.3. The van der Waals surface area contributed by atoms with E-state index >= 15 is 0 Å². The fourth-order valence-corrected chi connectivity index (χ4v) is 1.31. The van der Waals surface area contributed by atoms with E-state index in [0.717, 1.165) is 0 Å². The Kier molecular flexibility index (Phi) is 4.79. The van der Waals surface area contributed by atoms with Gasteiger partial charge < -0.3 is 5.32 Å². The standard InChI is InChI=1S/C12H25NO/c1-8(2)9(3)13-10(4)11(14)12(5,6)7/h8-10,13H,1-7H3/t9-,10?/m0/s1. The zero-order valence-corrected chi connectivity index (χ0v) is 10.6. The second kappa shape index (κ2) is 4.92. The Morgan fingerprint density at radius 1 is 1.07 bits per heavy atom. The Morgan fingerprint density at radius 3 is 1.79 bits per heavy atom. The van der Waals surface area contributed by atoms with Gasteiger partial charge in [-0.1, -0.05) is 34.6 Å². The van der Waals surface area contributed by atoms with Crippen LogP contribution in [-0.2, 0) is 4.79 Å². The number of hydrogen-bond acceptors (Lipinski definition) is 2. The second-order valence-electron chi connectivity index (χ2n) is 5.54. The number of Topliss-reactive ketones (excluding diaryl/α,β-unsaturated/α-hetero) is 1. The van der Waals surface area contributed by atoms with E-state index in [1.54, 1.807) is 0 Å². The predicted octanol–water partition coefficient (Wildman–Crippen LogP) is 2.62. The molecular weight excluding hydrogens is 174 g/mol. The number of nitrogens with one attached hydrogen (secondary N) is 1. The number of ketones is 1. The largest absolute Gasteiger partial charge is 0.305 e. The van der Waals surface area contributed by atoms with Gasteiger partial charge in [0, 0.05) is 11.5 Å². The van der Waals surface area contributed by atoms with E-state index in [-0.39, 0.29) is 17.2 Å². The van der Waals surface area contributed by atoms with Gasteiger partial charge in [0.25, 0.3) is 0 Å². The monoisotopic (exact) mass is 199 g/mol. The first-order chi connectivity index (χ1) is 6.16. The molecule has 0 aromatic rings. The van der Waals surface area contributed by atoms with E-state index in [1.807, 2.05) is 27.7 Å². The second-order valence-corrected chi connectivity index (χ2v) is 5.54. The molecule has 14 heavy (non-hydrogen) atoms. The van der Waals surface area contributed by atoms with E-state index in [9.17, 15) is 4.79 Å². The van der Waals surface area contributed by atoms with Crippen LogP contribution in [0, 0.1) is 11.3 Å². The van der Waals surface area contributed by atoms with Crippen molar-refractivity contribution in [1.82, 2.24) is 5.32 Å². The van der Waals surface area contributed by atoms with Crippen LogP contribution >= 0.6 is 0 Å². The van der Waals surface area contributed by atoms with Crippen LogP contribution in [0.4, 0.5) is 0 Å². The maximum absolute atomic E-state index is 11.9. The molecular formula is C12H25NO. The van der Waals surface area contributed by atoms with Crippen molar-refractivity contribution >= 4 is 5.78 Å². The molecule has 0 aliphatic heterocycles. The Hall–Kier alpha value is -0.370. The fraction of sp³-hybridized carbons (Fsp3) is 0.917. The Bertz CT molecular complexity index is 191. The Labute approximate surface area is 88.5 Å². The average molecular weight is 199 g/mol. The van der Waals surface area contributed by atoms with Crippen LogP contribution in [-0.4, -0.2) is 17.9 Å². The molecule has 0 amide bonds. The number of rotatable bonds is 4. The molecule has 1 N–H and O–H groups in total. The minimum Gasteiger partial charge on any atom is -0.305 e. The van der Waals surface area contributed by atoms with Gasteiger partial charge in [-0.05, 0) is 19.8 Å². The van der Waals surface area contributed by atoms with Crippen molar-refractivity contribution in [3.8, 4) is 0 Å². The molecule has 0 aromatic carbocycles. The first kappa shape index (κ1) is 13.6. The minimum absolute atomic E-state index is 0.0487. The van der Waals surface area contributed by atoms with Crippen LogP contribution < -0.4 is 5.32 Å². The summed E-state index contributed by atoms with van der Waals surface area (Å²) in [7, 11) is 0. The van der Waals surface area contributed by atoms with E-state index in [2.05, 4.69) is 26.1 Å². The zero-order valence-electron chi connectivity index (χ0n) is 10.6. The summed E-state index contributed by atoms with van der Waals surface area (Å²) in [4.78, 5) is 11.9. The minimum atomic E-state index is -0.247. The Balaban J connectivity index is 4.22. The van der Waals surface area contributed by atoms with Crippen molar-refractivity contribution < 1.29 is 4.79 Å². The smallest absolute Gasteiger partial charge is 0.154 e. The van der Waals surface area contributed by atoms with E-state index < -0.39 is 0 Å². The van der Waals surface area contributed by atoms with Gasteiger partial charge in [-0.15, -0.1) is 0 Å².